The Labute approximate surface area is 119 Å². The van der Waals surface area contributed by atoms with Crippen LogP contribution in [0.3, 0.4) is 0 Å². The molecule has 1 N–H and O–H groups in total. The van der Waals surface area contributed by atoms with Crippen molar-refractivity contribution < 1.29 is 0 Å². The highest BCUT2D eigenvalue weighted by Crippen LogP contribution is 2.18. The van der Waals surface area contributed by atoms with E-state index in [0.29, 0.717) is 0 Å². The molecular weight excluding hydrogens is 234 g/mol. The summed E-state index contributed by atoms with van der Waals surface area (Å²) in [5.41, 5.74) is 0. The Morgan fingerprint density at radius 1 is 1.16 bits per heavy atom. The molecule has 0 aromatic heterocycles. The average Bonchev–Trinajstić information content (AvgIpc) is 2.43. The lowest BCUT2D eigenvalue weighted by atomic mass is 9.94. The number of nitrogens with zero attached hydrogens (tertiary/aromatic N) is 2. The summed E-state index contributed by atoms with van der Waals surface area (Å²) in [4.78, 5) is 5.04. The lowest BCUT2D eigenvalue weighted by Crippen LogP contribution is -2.36. The molecule has 112 valence electrons. The molecule has 2 saturated heterocycles. The zero-order valence-electron chi connectivity index (χ0n) is 13.0. The van der Waals surface area contributed by atoms with Gasteiger partial charge in [0.1, 0.15) is 0 Å². The maximum atomic E-state index is 3.52. The van der Waals surface area contributed by atoms with Crippen molar-refractivity contribution in [2.75, 3.05) is 53.4 Å². The van der Waals surface area contributed by atoms with E-state index in [2.05, 4.69) is 29.2 Å². The number of nitrogens with one attached hydrogen (secondary N) is 1. The van der Waals surface area contributed by atoms with Gasteiger partial charge in [0, 0.05) is 6.54 Å². The molecule has 2 aliphatic rings. The first-order chi connectivity index (χ1) is 9.24. The molecule has 1 unspecified atom stereocenters. The maximum absolute atomic E-state index is 3.52. The zero-order chi connectivity index (χ0) is 13.5. The van der Waals surface area contributed by atoms with Gasteiger partial charge in [0.25, 0.3) is 0 Å². The van der Waals surface area contributed by atoms with Crippen molar-refractivity contribution >= 4 is 0 Å². The van der Waals surface area contributed by atoms with Crippen molar-refractivity contribution in [3.8, 4) is 0 Å². The summed E-state index contributed by atoms with van der Waals surface area (Å²) in [5, 5.41) is 3.52. The van der Waals surface area contributed by atoms with E-state index in [1.807, 2.05) is 0 Å². The van der Waals surface area contributed by atoms with E-state index in [9.17, 15) is 0 Å². The third kappa shape index (κ3) is 5.80. The second-order valence-corrected chi connectivity index (χ2v) is 6.86. The lowest BCUT2D eigenvalue weighted by molar-refractivity contribution is 0.173. The Hall–Kier alpha value is -0.120. The van der Waals surface area contributed by atoms with E-state index in [0.717, 1.165) is 11.8 Å². The van der Waals surface area contributed by atoms with Crippen LogP contribution in [-0.4, -0.2) is 63.2 Å². The van der Waals surface area contributed by atoms with Crippen molar-refractivity contribution in [1.82, 2.24) is 15.1 Å². The molecule has 0 aromatic carbocycles. The number of rotatable bonds is 6. The molecule has 0 aliphatic carbocycles. The van der Waals surface area contributed by atoms with Crippen LogP contribution in [-0.2, 0) is 0 Å². The predicted octanol–water partition coefficient (Wildman–Crippen LogP) is 2.04. The SMILES string of the molecule is CN1CCC(CN(C)CCCC2CCCNC2)CC1. The van der Waals surface area contributed by atoms with Crippen LogP contribution >= 0.6 is 0 Å². The summed E-state index contributed by atoms with van der Waals surface area (Å²) in [6.45, 7) is 7.71. The van der Waals surface area contributed by atoms with Crippen LogP contribution in [0.15, 0.2) is 0 Å². The number of hydrogen-bond acceptors (Lipinski definition) is 3. The minimum Gasteiger partial charge on any atom is -0.316 e. The smallest absolute Gasteiger partial charge is 0.000756 e. The quantitative estimate of drug-likeness (QED) is 0.794. The van der Waals surface area contributed by atoms with Crippen molar-refractivity contribution in [2.24, 2.45) is 11.8 Å². The normalized spacial score (nSPS) is 27.0. The molecule has 1 atom stereocenters. The molecule has 0 aromatic rings. The Balaban J connectivity index is 1.52. The Morgan fingerprint density at radius 2 is 1.95 bits per heavy atom. The summed E-state index contributed by atoms with van der Waals surface area (Å²) < 4.78 is 0. The Kier molecular flexibility index (Phi) is 6.62. The van der Waals surface area contributed by atoms with E-state index in [4.69, 9.17) is 0 Å². The highest BCUT2D eigenvalue weighted by molar-refractivity contribution is 4.73. The Bertz CT molecular complexity index is 230. The summed E-state index contributed by atoms with van der Waals surface area (Å²) in [5.74, 6) is 1.89. The molecule has 2 aliphatic heterocycles. The largest absolute Gasteiger partial charge is 0.316 e. The second kappa shape index (κ2) is 8.23. The van der Waals surface area contributed by atoms with Crippen LogP contribution in [0, 0.1) is 11.8 Å². The van der Waals surface area contributed by atoms with Crippen molar-refractivity contribution in [1.29, 1.82) is 0 Å². The summed E-state index contributed by atoms with van der Waals surface area (Å²) in [7, 11) is 4.57. The first kappa shape index (κ1) is 15.3. The van der Waals surface area contributed by atoms with Crippen LogP contribution in [0.25, 0.3) is 0 Å². The zero-order valence-corrected chi connectivity index (χ0v) is 13.0. The van der Waals surface area contributed by atoms with E-state index in [1.165, 1.54) is 77.8 Å². The number of hydrogen-bond donors (Lipinski definition) is 1. The van der Waals surface area contributed by atoms with Gasteiger partial charge in [-0.1, -0.05) is 0 Å². The van der Waals surface area contributed by atoms with Crippen LogP contribution in [0.4, 0.5) is 0 Å². The highest BCUT2D eigenvalue weighted by atomic mass is 15.1. The van der Waals surface area contributed by atoms with Crippen molar-refractivity contribution in [3.05, 3.63) is 0 Å². The van der Waals surface area contributed by atoms with Gasteiger partial charge in [-0.2, -0.15) is 0 Å². The van der Waals surface area contributed by atoms with Gasteiger partial charge in [0.15, 0.2) is 0 Å². The predicted molar refractivity (Wildman–Crippen MR) is 82.5 cm³/mol. The average molecular weight is 267 g/mol. The van der Waals surface area contributed by atoms with E-state index in [-0.39, 0.29) is 0 Å². The van der Waals surface area contributed by atoms with Gasteiger partial charge in [-0.05, 0) is 97.2 Å². The molecule has 0 spiro atoms. The molecule has 0 amide bonds. The van der Waals surface area contributed by atoms with Gasteiger partial charge in [-0.25, -0.2) is 0 Å². The standard InChI is InChI=1S/C16H33N3/c1-18-11-7-16(8-12-18)14-19(2)10-4-6-15-5-3-9-17-13-15/h15-17H,3-14H2,1-2H3. The summed E-state index contributed by atoms with van der Waals surface area (Å²) >= 11 is 0. The molecule has 2 rings (SSSR count). The topological polar surface area (TPSA) is 18.5 Å². The van der Waals surface area contributed by atoms with Gasteiger partial charge in [-0.3, -0.25) is 0 Å². The lowest BCUT2D eigenvalue weighted by Gasteiger charge is -2.32. The van der Waals surface area contributed by atoms with Crippen LogP contribution in [0.5, 0.6) is 0 Å². The fourth-order valence-electron chi connectivity index (χ4n) is 3.60. The van der Waals surface area contributed by atoms with Gasteiger partial charge in [0.2, 0.25) is 0 Å². The number of likely N-dealkylation sites (tertiary alicyclic amines) is 1. The van der Waals surface area contributed by atoms with Crippen LogP contribution < -0.4 is 5.32 Å². The minimum atomic E-state index is 0.942. The molecule has 3 heteroatoms. The van der Waals surface area contributed by atoms with Crippen molar-refractivity contribution in [3.63, 3.8) is 0 Å². The molecule has 3 nitrogen and oxygen atoms in total. The van der Waals surface area contributed by atoms with Crippen molar-refractivity contribution in [2.45, 2.75) is 38.5 Å². The molecular formula is C16H33N3. The van der Waals surface area contributed by atoms with Gasteiger partial charge in [-0.15, -0.1) is 0 Å². The fraction of sp³-hybridized carbons (Fsp3) is 1.00. The Morgan fingerprint density at radius 3 is 2.63 bits per heavy atom. The first-order valence-corrected chi connectivity index (χ1v) is 8.32. The third-order valence-electron chi connectivity index (χ3n) is 4.96. The van der Waals surface area contributed by atoms with Gasteiger partial charge in [0.05, 0.1) is 0 Å². The number of piperidine rings is 2. The van der Waals surface area contributed by atoms with Gasteiger partial charge < -0.3 is 15.1 Å². The second-order valence-electron chi connectivity index (χ2n) is 6.86. The molecule has 0 radical (unpaired) electrons. The molecule has 0 saturated carbocycles. The van der Waals surface area contributed by atoms with E-state index in [1.54, 1.807) is 0 Å². The van der Waals surface area contributed by atoms with Crippen LogP contribution in [0.1, 0.15) is 38.5 Å². The monoisotopic (exact) mass is 267 g/mol. The first-order valence-electron chi connectivity index (χ1n) is 8.32. The van der Waals surface area contributed by atoms with E-state index >= 15 is 0 Å². The molecule has 2 fully saturated rings. The maximum Gasteiger partial charge on any atom is 0.000756 e. The summed E-state index contributed by atoms with van der Waals surface area (Å²) in [6.07, 6.45) is 8.43. The minimum absolute atomic E-state index is 0.942. The van der Waals surface area contributed by atoms with Gasteiger partial charge >= 0.3 is 0 Å². The van der Waals surface area contributed by atoms with E-state index < -0.39 is 0 Å². The summed E-state index contributed by atoms with van der Waals surface area (Å²) in [6, 6.07) is 0. The highest BCUT2D eigenvalue weighted by Gasteiger charge is 2.18. The molecule has 19 heavy (non-hydrogen) atoms. The fourth-order valence-corrected chi connectivity index (χ4v) is 3.60. The molecule has 0 bridgehead atoms. The van der Waals surface area contributed by atoms with Crippen LogP contribution in [0.2, 0.25) is 0 Å². The third-order valence-corrected chi connectivity index (χ3v) is 4.96. The molecule has 2 heterocycles.